The number of carbonyl (C=O) groups is 1. The maximum atomic E-state index is 12.6. The van der Waals surface area contributed by atoms with Crippen LogP contribution in [0.1, 0.15) is 11.1 Å². The summed E-state index contributed by atoms with van der Waals surface area (Å²) in [6.07, 6.45) is 0.379. The molecule has 1 aliphatic heterocycles. The molecule has 3 N–H and O–H groups in total. The highest BCUT2D eigenvalue weighted by molar-refractivity contribution is 6.30. The summed E-state index contributed by atoms with van der Waals surface area (Å²) in [5.41, 5.74) is 6.31. The maximum absolute atomic E-state index is 12.6. The lowest BCUT2D eigenvalue weighted by atomic mass is 9.84. The summed E-state index contributed by atoms with van der Waals surface area (Å²) in [7, 11) is 1.58. The van der Waals surface area contributed by atoms with Gasteiger partial charge in [-0.15, -0.1) is 0 Å². The molecule has 0 saturated carbocycles. The van der Waals surface area contributed by atoms with Gasteiger partial charge in [0.1, 0.15) is 5.75 Å². The molecule has 23 heavy (non-hydrogen) atoms. The number of halogens is 1. The first-order valence-corrected chi connectivity index (χ1v) is 7.47. The van der Waals surface area contributed by atoms with Crippen molar-refractivity contribution < 1.29 is 9.53 Å². The van der Waals surface area contributed by atoms with Crippen molar-refractivity contribution in [2.24, 2.45) is 10.7 Å². The number of aliphatic imine (C=N–C) groups is 1. The van der Waals surface area contributed by atoms with E-state index in [1.807, 2.05) is 30.3 Å². The zero-order valence-electron chi connectivity index (χ0n) is 12.5. The van der Waals surface area contributed by atoms with Crippen LogP contribution in [0.2, 0.25) is 5.02 Å². The number of amides is 1. The molecule has 3 rings (SSSR count). The summed E-state index contributed by atoms with van der Waals surface area (Å²) < 4.78 is 5.26. The van der Waals surface area contributed by atoms with Crippen LogP contribution in [-0.2, 0) is 16.8 Å². The second-order valence-electron chi connectivity index (χ2n) is 5.35. The predicted octanol–water partition coefficient (Wildman–Crippen LogP) is 2.23. The molecular formula is C17H16ClN3O2. The molecule has 0 saturated heterocycles. The fourth-order valence-electron chi connectivity index (χ4n) is 2.70. The molecule has 1 atom stereocenters. The van der Waals surface area contributed by atoms with E-state index < -0.39 is 5.54 Å². The Morgan fingerprint density at radius 3 is 2.61 bits per heavy atom. The number of hydrogen-bond donors (Lipinski definition) is 2. The number of rotatable bonds is 4. The standard InChI is InChI=1S/C17H16ClN3O2/c1-23-14-4-2-3-12(9-14)17(15(22)20-16(19)21-17)10-11-5-7-13(18)8-6-11/h2-9H,10H2,1H3,(H3,19,20,21,22)/t17-/m1/s1. The first-order valence-electron chi connectivity index (χ1n) is 7.09. The summed E-state index contributed by atoms with van der Waals surface area (Å²) >= 11 is 5.93. The minimum Gasteiger partial charge on any atom is -0.497 e. The average Bonchev–Trinajstić information content (AvgIpc) is 2.84. The van der Waals surface area contributed by atoms with Gasteiger partial charge in [0.25, 0.3) is 5.91 Å². The summed E-state index contributed by atoms with van der Waals surface area (Å²) in [5, 5.41) is 3.24. The first kappa shape index (κ1) is 15.4. The van der Waals surface area contributed by atoms with Gasteiger partial charge in [0.2, 0.25) is 0 Å². The lowest BCUT2D eigenvalue weighted by Gasteiger charge is -2.24. The average molecular weight is 330 g/mol. The van der Waals surface area contributed by atoms with Crippen LogP contribution in [-0.4, -0.2) is 19.0 Å². The van der Waals surface area contributed by atoms with E-state index >= 15 is 0 Å². The minimum absolute atomic E-state index is 0.117. The lowest BCUT2D eigenvalue weighted by Crippen LogP contribution is -2.40. The van der Waals surface area contributed by atoms with E-state index in [0.717, 1.165) is 11.1 Å². The number of nitrogens with zero attached hydrogens (tertiary/aromatic N) is 1. The molecule has 0 bridgehead atoms. The molecule has 118 valence electrons. The third-order valence-electron chi connectivity index (χ3n) is 3.85. The predicted molar refractivity (Wildman–Crippen MR) is 89.6 cm³/mol. The minimum atomic E-state index is -1.10. The molecule has 6 heteroatoms. The molecule has 0 radical (unpaired) electrons. The third-order valence-corrected chi connectivity index (χ3v) is 4.10. The zero-order valence-corrected chi connectivity index (χ0v) is 13.3. The third kappa shape index (κ3) is 2.87. The van der Waals surface area contributed by atoms with Crippen LogP contribution < -0.4 is 15.8 Å². The zero-order chi connectivity index (χ0) is 16.4. The Hall–Kier alpha value is -2.53. The molecule has 0 fully saturated rings. The quantitative estimate of drug-likeness (QED) is 0.903. The highest BCUT2D eigenvalue weighted by Gasteiger charge is 2.45. The highest BCUT2D eigenvalue weighted by atomic mass is 35.5. The van der Waals surface area contributed by atoms with Gasteiger partial charge in [0, 0.05) is 11.4 Å². The van der Waals surface area contributed by atoms with Gasteiger partial charge in [0.05, 0.1) is 7.11 Å². The van der Waals surface area contributed by atoms with E-state index in [4.69, 9.17) is 22.1 Å². The van der Waals surface area contributed by atoms with E-state index in [1.54, 1.807) is 25.3 Å². The summed E-state index contributed by atoms with van der Waals surface area (Å²) in [6, 6.07) is 14.6. The molecular weight excluding hydrogens is 314 g/mol. The molecule has 0 unspecified atom stereocenters. The van der Waals surface area contributed by atoms with Crippen molar-refractivity contribution in [2.45, 2.75) is 12.0 Å². The van der Waals surface area contributed by atoms with E-state index in [0.29, 0.717) is 17.2 Å². The van der Waals surface area contributed by atoms with Gasteiger partial charge < -0.3 is 10.5 Å². The SMILES string of the molecule is COc1cccc([C@@]2(Cc3ccc(Cl)cc3)N=C(N)NC2=O)c1. The second kappa shape index (κ2) is 5.93. The van der Waals surface area contributed by atoms with Crippen LogP contribution in [0.15, 0.2) is 53.5 Å². The van der Waals surface area contributed by atoms with Crippen molar-refractivity contribution in [1.29, 1.82) is 0 Å². The van der Waals surface area contributed by atoms with Gasteiger partial charge in [0.15, 0.2) is 11.5 Å². The Labute approximate surface area is 139 Å². The molecule has 1 amide bonds. The Balaban J connectivity index is 2.08. The van der Waals surface area contributed by atoms with Crippen molar-refractivity contribution in [3.63, 3.8) is 0 Å². The van der Waals surface area contributed by atoms with Crippen LogP contribution in [0, 0.1) is 0 Å². The van der Waals surface area contributed by atoms with Crippen molar-refractivity contribution in [3.8, 4) is 5.75 Å². The highest BCUT2D eigenvalue weighted by Crippen LogP contribution is 2.35. The molecule has 2 aromatic carbocycles. The number of benzene rings is 2. The van der Waals surface area contributed by atoms with Gasteiger partial charge in [-0.3, -0.25) is 10.1 Å². The van der Waals surface area contributed by atoms with Crippen molar-refractivity contribution >= 4 is 23.5 Å². The van der Waals surface area contributed by atoms with Crippen molar-refractivity contribution in [3.05, 3.63) is 64.7 Å². The number of guanidine groups is 1. The lowest BCUT2D eigenvalue weighted by molar-refractivity contribution is -0.124. The van der Waals surface area contributed by atoms with E-state index in [9.17, 15) is 4.79 Å². The van der Waals surface area contributed by atoms with Gasteiger partial charge in [-0.05, 0) is 35.4 Å². The Morgan fingerprint density at radius 2 is 2.00 bits per heavy atom. The van der Waals surface area contributed by atoms with Crippen LogP contribution in [0.25, 0.3) is 0 Å². The van der Waals surface area contributed by atoms with E-state index in [-0.39, 0.29) is 11.9 Å². The topological polar surface area (TPSA) is 76.7 Å². The molecule has 1 heterocycles. The number of hydrogen-bond acceptors (Lipinski definition) is 4. The van der Waals surface area contributed by atoms with Crippen LogP contribution in [0.4, 0.5) is 0 Å². The second-order valence-corrected chi connectivity index (χ2v) is 5.78. The monoisotopic (exact) mass is 329 g/mol. The van der Waals surface area contributed by atoms with Gasteiger partial charge in [-0.1, -0.05) is 35.9 Å². The van der Waals surface area contributed by atoms with Gasteiger partial charge >= 0.3 is 0 Å². The summed E-state index contributed by atoms with van der Waals surface area (Å²) in [5.74, 6) is 0.524. The Bertz CT molecular complexity index is 774. The van der Waals surface area contributed by atoms with Crippen LogP contribution in [0.5, 0.6) is 5.75 Å². The number of ether oxygens (including phenoxy) is 1. The summed E-state index contributed by atoms with van der Waals surface area (Å²) in [6.45, 7) is 0. The molecule has 0 aromatic heterocycles. The molecule has 0 aliphatic carbocycles. The molecule has 0 spiro atoms. The number of methoxy groups -OCH3 is 1. The van der Waals surface area contributed by atoms with Crippen molar-refractivity contribution in [1.82, 2.24) is 5.32 Å². The normalized spacial score (nSPS) is 20.1. The number of nitrogens with one attached hydrogen (secondary N) is 1. The Kier molecular flexibility index (Phi) is 3.96. The van der Waals surface area contributed by atoms with Crippen LogP contribution >= 0.6 is 11.6 Å². The van der Waals surface area contributed by atoms with E-state index in [2.05, 4.69) is 10.3 Å². The van der Waals surface area contributed by atoms with Crippen molar-refractivity contribution in [2.75, 3.05) is 7.11 Å². The van der Waals surface area contributed by atoms with Gasteiger partial charge in [-0.2, -0.15) is 0 Å². The fourth-order valence-corrected chi connectivity index (χ4v) is 2.83. The molecule has 1 aliphatic rings. The molecule has 2 aromatic rings. The number of nitrogens with two attached hydrogens (primary N) is 1. The van der Waals surface area contributed by atoms with Crippen LogP contribution in [0.3, 0.4) is 0 Å². The van der Waals surface area contributed by atoms with Gasteiger partial charge in [-0.25, -0.2) is 4.99 Å². The fraction of sp³-hybridized carbons (Fsp3) is 0.176. The van der Waals surface area contributed by atoms with E-state index in [1.165, 1.54) is 0 Å². The maximum Gasteiger partial charge on any atom is 0.259 e. The summed E-state index contributed by atoms with van der Waals surface area (Å²) in [4.78, 5) is 17.0. The first-order chi connectivity index (χ1) is 11.0. The largest absolute Gasteiger partial charge is 0.497 e. The smallest absolute Gasteiger partial charge is 0.259 e. The Morgan fingerprint density at radius 1 is 1.26 bits per heavy atom. The number of carbonyl (C=O) groups excluding carboxylic acids is 1. The molecule has 5 nitrogen and oxygen atoms in total.